The first-order valence-electron chi connectivity index (χ1n) is 8.43. The summed E-state index contributed by atoms with van der Waals surface area (Å²) in [4.78, 5) is 26.4. The summed E-state index contributed by atoms with van der Waals surface area (Å²) >= 11 is 0. The molecule has 0 aliphatic heterocycles. The Bertz CT molecular complexity index is 544. The third-order valence-electron chi connectivity index (χ3n) is 4.01. The third-order valence-corrected chi connectivity index (χ3v) is 4.01. The average molecular weight is 356 g/mol. The van der Waals surface area contributed by atoms with Crippen molar-refractivity contribution in [2.45, 2.75) is 64.3 Å². The van der Waals surface area contributed by atoms with E-state index in [2.05, 4.69) is 15.3 Å². The third kappa shape index (κ3) is 6.03. The van der Waals surface area contributed by atoms with E-state index in [0.717, 1.165) is 12.8 Å². The van der Waals surface area contributed by atoms with Crippen LogP contribution in [0.2, 0.25) is 0 Å². The lowest BCUT2D eigenvalue weighted by atomic mass is 9.88. The van der Waals surface area contributed by atoms with Crippen molar-refractivity contribution in [3.63, 3.8) is 0 Å². The molecular formula is C16H25FN4O4. The van der Waals surface area contributed by atoms with Gasteiger partial charge in [0.25, 0.3) is 5.91 Å². The Morgan fingerprint density at radius 2 is 2.12 bits per heavy atom. The van der Waals surface area contributed by atoms with Crippen LogP contribution < -0.4 is 5.32 Å². The maximum Gasteiger partial charge on any atom is 0.333 e. The number of amides is 1. The van der Waals surface area contributed by atoms with Crippen molar-refractivity contribution in [3.8, 4) is 0 Å². The maximum absolute atomic E-state index is 12.6. The molecule has 0 radical (unpaired) electrons. The van der Waals surface area contributed by atoms with Crippen LogP contribution in [0.25, 0.3) is 10.4 Å². The van der Waals surface area contributed by atoms with E-state index in [9.17, 15) is 14.0 Å². The number of carbonyl (C=O) groups excluding carboxylic acids is 2. The van der Waals surface area contributed by atoms with Crippen molar-refractivity contribution < 1.29 is 23.5 Å². The van der Waals surface area contributed by atoms with E-state index in [-0.39, 0.29) is 19.1 Å². The van der Waals surface area contributed by atoms with Crippen LogP contribution in [-0.2, 0) is 19.1 Å². The molecular weight excluding hydrogens is 331 g/mol. The van der Waals surface area contributed by atoms with Crippen LogP contribution in [0.3, 0.4) is 0 Å². The van der Waals surface area contributed by atoms with Gasteiger partial charge in [-0.1, -0.05) is 19.0 Å². The van der Waals surface area contributed by atoms with Gasteiger partial charge in [0.15, 0.2) is 6.67 Å². The van der Waals surface area contributed by atoms with Crippen molar-refractivity contribution in [3.05, 3.63) is 22.1 Å². The number of carbonyl (C=O) groups is 2. The van der Waals surface area contributed by atoms with Crippen molar-refractivity contribution in [2.24, 2.45) is 5.11 Å². The molecule has 0 unspecified atom stereocenters. The van der Waals surface area contributed by atoms with Crippen molar-refractivity contribution in [1.29, 1.82) is 0 Å². The molecule has 0 spiro atoms. The molecule has 1 amide bonds. The number of azide groups is 1. The molecule has 25 heavy (non-hydrogen) atoms. The molecule has 1 aliphatic carbocycles. The van der Waals surface area contributed by atoms with E-state index < -0.39 is 36.7 Å². The zero-order valence-corrected chi connectivity index (χ0v) is 14.8. The minimum atomic E-state index is -1.19. The fraction of sp³-hybridized carbons (Fsp3) is 0.750. The zero-order chi connectivity index (χ0) is 18.8. The van der Waals surface area contributed by atoms with Gasteiger partial charge in [-0.05, 0) is 37.8 Å². The van der Waals surface area contributed by atoms with Gasteiger partial charge in [0.1, 0.15) is 0 Å². The SMILES string of the molecule is CCOC(=O)C1=C[C@@H](OC(CC)CC)[C@H](NC(=O)CF)[C@@H](N=[N+]=[N-])C1. The number of nitrogens with zero attached hydrogens (tertiary/aromatic N) is 3. The number of rotatable bonds is 9. The second kappa shape index (κ2) is 10.7. The highest BCUT2D eigenvalue weighted by molar-refractivity contribution is 5.89. The van der Waals surface area contributed by atoms with Crippen molar-refractivity contribution in [1.82, 2.24) is 5.32 Å². The van der Waals surface area contributed by atoms with Crippen LogP contribution in [0.5, 0.6) is 0 Å². The Balaban J connectivity index is 3.18. The van der Waals surface area contributed by atoms with Crippen LogP contribution in [0, 0.1) is 0 Å². The summed E-state index contributed by atoms with van der Waals surface area (Å²) in [5.74, 6) is -1.34. The minimum absolute atomic E-state index is 0.0862. The molecule has 9 heteroatoms. The van der Waals surface area contributed by atoms with Gasteiger partial charge in [-0.15, -0.1) is 0 Å². The summed E-state index contributed by atoms with van der Waals surface area (Å²) in [6.45, 7) is 4.61. The van der Waals surface area contributed by atoms with E-state index in [1.807, 2.05) is 13.8 Å². The van der Waals surface area contributed by atoms with Crippen LogP contribution in [0.4, 0.5) is 4.39 Å². The molecule has 1 aliphatic rings. The summed E-state index contributed by atoms with van der Waals surface area (Å²) in [5.41, 5.74) is 9.13. The number of esters is 1. The first-order valence-corrected chi connectivity index (χ1v) is 8.43. The van der Waals surface area contributed by atoms with Crippen LogP contribution in [-0.4, -0.2) is 49.4 Å². The fourth-order valence-corrected chi connectivity index (χ4v) is 2.73. The van der Waals surface area contributed by atoms with Crippen LogP contribution in [0.1, 0.15) is 40.0 Å². The highest BCUT2D eigenvalue weighted by Gasteiger charge is 2.37. The van der Waals surface area contributed by atoms with Gasteiger partial charge in [0, 0.05) is 10.5 Å². The molecule has 0 bridgehead atoms. The molecule has 0 heterocycles. The lowest BCUT2D eigenvalue weighted by molar-refractivity contribution is -0.139. The zero-order valence-electron chi connectivity index (χ0n) is 14.8. The molecule has 8 nitrogen and oxygen atoms in total. The molecule has 1 rings (SSSR count). The topological polar surface area (TPSA) is 113 Å². The Hall–Kier alpha value is -2.12. The van der Waals surface area contributed by atoms with Gasteiger partial charge in [-0.3, -0.25) is 4.79 Å². The number of nitrogens with one attached hydrogen (secondary N) is 1. The fourth-order valence-electron chi connectivity index (χ4n) is 2.73. The van der Waals surface area contributed by atoms with Crippen molar-refractivity contribution >= 4 is 11.9 Å². The standard InChI is InChI=1S/C16H25FN4O4/c1-4-11(5-2)25-13-8-10(16(23)24-6-3)7-12(20-21-18)15(13)19-14(22)9-17/h8,11-13,15H,4-7,9H2,1-3H3,(H,19,22)/t12-,13+,15+/m0/s1. The Labute approximate surface area is 146 Å². The van der Waals surface area contributed by atoms with Gasteiger partial charge in [-0.25, -0.2) is 9.18 Å². The number of hydrogen-bond donors (Lipinski definition) is 1. The molecule has 140 valence electrons. The maximum atomic E-state index is 12.6. The first-order chi connectivity index (χ1) is 12.0. The van der Waals surface area contributed by atoms with E-state index >= 15 is 0 Å². The number of hydrogen-bond acceptors (Lipinski definition) is 5. The van der Waals surface area contributed by atoms with E-state index in [0.29, 0.717) is 5.57 Å². The van der Waals surface area contributed by atoms with Gasteiger partial charge in [0.2, 0.25) is 0 Å². The van der Waals surface area contributed by atoms with Gasteiger partial charge >= 0.3 is 5.97 Å². The largest absolute Gasteiger partial charge is 0.463 e. The minimum Gasteiger partial charge on any atom is -0.463 e. The predicted molar refractivity (Wildman–Crippen MR) is 89.4 cm³/mol. The quantitative estimate of drug-likeness (QED) is 0.296. The van der Waals surface area contributed by atoms with E-state index in [1.165, 1.54) is 0 Å². The monoisotopic (exact) mass is 356 g/mol. The lowest BCUT2D eigenvalue weighted by Gasteiger charge is -2.36. The van der Waals surface area contributed by atoms with Gasteiger partial charge in [-0.2, -0.15) is 0 Å². The number of alkyl halides is 1. The molecule has 3 atom stereocenters. The second-order valence-electron chi connectivity index (χ2n) is 5.65. The van der Waals surface area contributed by atoms with Crippen molar-refractivity contribution in [2.75, 3.05) is 13.3 Å². The lowest BCUT2D eigenvalue weighted by Crippen LogP contribution is -2.54. The number of ether oxygens (including phenoxy) is 2. The highest BCUT2D eigenvalue weighted by atomic mass is 19.1. The molecule has 0 aromatic rings. The molecule has 0 aromatic heterocycles. The molecule has 0 saturated heterocycles. The van der Waals surface area contributed by atoms with E-state index in [1.54, 1.807) is 13.0 Å². The average Bonchev–Trinajstić information content (AvgIpc) is 2.61. The molecule has 0 saturated carbocycles. The summed E-state index contributed by atoms with van der Waals surface area (Å²) in [6.07, 6.45) is 2.28. The summed E-state index contributed by atoms with van der Waals surface area (Å²) in [5, 5.41) is 6.17. The summed E-state index contributed by atoms with van der Waals surface area (Å²) in [6, 6.07) is -1.53. The Morgan fingerprint density at radius 1 is 1.44 bits per heavy atom. The van der Waals surface area contributed by atoms with Gasteiger partial charge in [0.05, 0.1) is 30.9 Å². The summed E-state index contributed by atoms with van der Waals surface area (Å²) < 4.78 is 23.6. The normalized spacial score (nSPS) is 22.8. The Morgan fingerprint density at radius 3 is 2.64 bits per heavy atom. The molecule has 1 N–H and O–H groups in total. The highest BCUT2D eigenvalue weighted by Crippen LogP contribution is 2.27. The Kier molecular flexibility index (Phi) is 8.94. The van der Waals surface area contributed by atoms with Gasteiger partial charge < -0.3 is 14.8 Å². The smallest absolute Gasteiger partial charge is 0.333 e. The molecule has 0 fully saturated rings. The predicted octanol–water partition coefficient (Wildman–Crippen LogP) is 2.59. The first kappa shape index (κ1) is 20.9. The summed E-state index contributed by atoms with van der Waals surface area (Å²) in [7, 11) is 0. The van der Waals surface area contributed by atoms with Crippen LogP contribution in [0.15, 0.2) is 16.8 Å². The van der Waals surface area contributed by atoms with E-state index in [4.69, 9.17) is 15.0 Å². The number of halogens is 1. The second-order valence-corrected chi connectivity index (χ2v) is 5.65. The molecule has 0 aromatic carbocycles. The van der Waals surface area contributed by atoms with Crippen LogP contribution >= 0.6 is 0 Å².